The summed E-state index contributed by atoms with van der Waals surface area (Å²) in [6.07, 6.45) is 0. The maximum Gasteiger partial charge on any atom is 0.338 e. The van der Waals surface area contributed by atoms with Gasteiger partial charge >= 0.3 is 5.97 Å². The van der Waals surface area contributed by atoms with E-state index in [1.165, 1.54) is 21.7 Å². The van der Waals surface area contributed by atoms with Crippen LogP contribution in [0.25, 0.3) is 54.9 Å². The molecule has 5 aromatic carbocycles. The van der Waals surface area contributed by atoms with Crippen molar-refractivity contribution in [1.29, 1.82) is 0 Å². The average molecular weight is 400 g/mol. The summed E-state index contributed by atoms with van der Waals surface area (Å²) >= 11 is 0. The normalized spacial score (nSPS) is 11.6. The van der Waals surface area contributed by atoms with Crippen LogP contribution < -0.4 is 0 Å². The number of hydrogen-bond acceptors (Lipinski definition) is 2. The van der Waals surface area contributed by atoms with Gasteiger partial charge in [-0.1, -0.05) is 78.9 Å². The molecule has 1 aliphatic rings. The first-order valence-corrected chi connectivity index (χ1v) is 10.6. The van der Waals surface area contributed by atoms with Crippen molar-refractivity contribution in [2.24, 2.45) is 0 Å². The molecule has 1 aliphatic carbocycles. The fourth-order valence-electron chi connectivity index (χ4n) is 4.97. The number of esters is 1. The second-order valence-corrected chi connectivity index (χ2v) is 7.87. The van der Waals surface area contributed by atoms with Crippen LogP contribution in [-0.4, -0.2) is 12.6 Å². The quantitative estimate of drug-likeness (QED) is 0.227. The lowest BCUT2D eigenvalue weighted by Crippen LogP contribution is -2.07. The molecule has 2 nitrogen and oxygen atoms in total. The number of fused-ring (bicyclic) bond motifs is 5. The number of hydrogen-bond donors (Lipinski definition) is 0. The van der Waals surface area contributed by atoms with Gasteiger partial charge in [0.05, 0.1) is 12.2 Å². The zero-order valence-corrected chi connectivity index (χ0v) is 17.2. The number of carbonyl (C=O) groups excluding carboxylic acids is 1. The molecule has 5 aromatic rings. The first-order valence-electron chi connectivity index (χ1n) is 10.6. The Hall–Kier alpha value is -3.91. The Morgan fingerprint density at radius 1 is 0.710 bits per heavy atom. The minimum atomic E-state index is -0.271. The number of ether oxygens (including phenoxy) is 1. The molecule has 0 N–H and O–H groups in total. The van der Waals surface area contributed by atoms with Crippen molar-refractivity contribution in [3.05, 3.63) is 96.6 Å². The molecule has 148 valence electrons. The maximum absolute atomic E-state index is 13.0. The van der Waals surface area contributed by atoms with Gasteiger partial charge in [-0.15, -0.1) is 0 Å². The molecule has 0 unspecified atom stereocenters. The van der Waals surface area contributed by atoms with Gasteiger partial charge in [-0.3, -0.25) is 0 Å². The van der Waals surface area contributed by atoms with Gasteiger partial charge in [-0.25, -0.2) is 4.79 Å². The van der Waals surface area contributed by atoms with Gasteiger partial charge in [0, 0.05) is 5.56 Å². The van der Waals surface area contributed by atoms with Crippen LogP contribution in [0.3, 0.4) is 0 Å². The van der Waals surface area contributed by atoms with Crippen LogP contribution >= 0.6 is 0 Å². The second kappa shape index (κ2) is 6.82. The van der Waals surface area contributed by atoms with E-state index in [4.69, 9.17) is 4.74 Å². The molecule has 0 aromatic heterocycles. The zero-order valence-electron chi connectivity index (χ0n) is 17.2. The molecule has 0 atom stereocenters. The van der Waals surface area contributed by atoms with Gasteiger partial charge in [-0.2, -0.15) is 0 Å². The van der Waals surface area contributed by atoms with Crippen LogP contribution in [0, 0.1) is 0 Å². The average Bonchev–Trinajstić information content (AvgIpc) is 3.17. The predicted molar refractivity (Wildman–Crippen MR) is 127 cm³/mol. The molecule has 0 heterocycles. The third-order valence-corrected chi connectivity index (χ3v) is 6.19. The van der Waals surface area contributed by atoms with Crippen molar-refractivity contribution in [3.63, 3.8) is 0 Å². The fraction of sp³-hybridized carbons (Fsp3) is 0.0690. The summed E-state index contributed by atoms with van der Waals surface area (Å²) in [6, 6.07) is 31.5. The molecule has 0 spiro atoms. The van der Waals surface area contributed by atoms with Gasteiger partial charge < -0.3 is 4.74 Å². The van der Waals surface area contributed by atoms with E-state index >= 15 is 0 Å². The molecule has 2 heteroatoms. The van der Waals surface area contributed by atoms with Crippen LogP contribution in [0.1, 0.15) is 17.3 Å². The summed E-state index contributed by atoms with van der Waals surface area (Å²) in [5.41, 5.74) is 7.33. The van der Waals surface area contributed by atoms with Crippen LogP contribution in [-0.2, 0) is 4.74 Å². The highest BCUT2D eigenvalue weighted by Crippen LogP contribution is 2.54. The highest BCUT2D eigenvalue weighted by Gasteiger charge is 2.31. The molecule has 0 amide bonds. The van der Waals surface area contributed by atoms with Crippen LogP contribution in [0.2, 0.25) is 0 Å². The number of rotatable bonds is 3. The van der Waals surface area contributed by atoms with Crippen LogP contribution in [0.4, 0.5) is 0 Å². The monoisotopic (exact) mass is 400 g/mol. The lowest BCUT2D eigenvalue weighted by atomic mass is 9.89. The molecular weight excluding hydrogens is 380 g/mol. The summed E-state index contributed by atoms with van der Waals surface area (Å²) in [5.74, 6) is -0.271. The number of carbonyl (C=O) groups is 1. The van der Waals surface area contributed by atoms with E-state index in [1.54, 1.807) is 0 Å². The molecule has 0 saturated heterocycles. The van der Waals surface area contributed by atoms with E-state index in [1.807, 2.05) is 19.1 Å². The van der Waals surface area contributed by atoms with E-state index in [2.05, 4.69) is 78.9 Å². The SMILES string of the molecule is CCOC(=O)c1ccc(-c2ccccc2)c2c1-c1c3ccccc3cc3cccc-2c13. The molecule has 0 aliphatic heterocycles. The Bertz CT molecular complexity index is 1500. The van der Waals surface area contributed by atoms with E-state index < -0.39 is 0 Å². The summed E-state index contributed by atoms with van der Waals surface area (Å²) in [5, 5.41) is 4.74. The molecule has 0 bridgehead atoms. The molecule has 31 heavy (non-hydrogen) atoms. The third-order valence-electron chi connectivity index (χ3n) is 6.19. The Labute approximate surface area is 180 Å². The van der Waals surface area contributed by atoms with Crippen molar-refractivity contribution in [2.45, 2.75) is 6.92 Å². The first kappa shape index (κ1) is 17.9. The summed E-state index contributed by atoms with van der Waals surface area (Å²) < 4.78 is 5.47. The van der Waals surface area contributed by atoms with Crippen molar-refractivity contribution >= 4 is 27.5 Å². The van der Waals surface area contributed by atoms with Crippen molar-refractivity contribution in [2.75, 3.05) is 6.61 Å². The zero-order chi connectivity index (χ0) is 20.9. The molecule has 0 saturated carbocycles. The van der Waals surface area contributed by atoms with Gasteiger partial charge in [0.2, 0.25) is 0 Å². The highest BCUT2D eigenvalue weighted by molar-refractivity contribution is 6.28. The van der Waals surface area contributed by atoms with Crippen LogP contribution in [0.5, 0.6) is 0 Å². The standard InChI is InChI=1S/C29H20O2/c1-2-31-29(30)24-16-15-22(18-9-4-3-5-10-18)26-23-14-8-12-20-17-19-11-6-7-13-21(19)27(25(20)23)28(24)26/h3-17H,2H2,1H3. The Morgan fingerprint density at radius 2 is 1.48 bits per heavy atom. The third kappa shape index (κ3) is 2.55. The lowest BCUT2D eigenvalue weighted by molar-refractivity contribution is 0.0527. The van der Waals surface area contributed by atoms with E-state index in [-0.39, 0.29) is 5.97 Å². The highest BCUT2D eigenvalue weighted by atomic mass is 16.5. The Kier molecular flexibility index (Phi) is 3.94. The molecular formula is C29H20O2. The van der Waals surface area contributed by atoms with Gasteiger partial charge in [-0.05, 0) is 68.4 Å². The van der Waals surface area contributed by atoms with Gasteiger partial charge in [0.1, 0.15) is 0 Å². The molecule has 0 radical (unpaired) electrons. The van der Waals surface area contributed by atoms with E-state index in [0.29, 0.717) is 12.2 Å². The van der Waals surface area contributed by atoms with E-state index in [9.17, 15) is 4.79 Å². The van der Waals surface area contributed by atoms with Crippen LogP contribution in [0.15, 0.2) is 91.0 Å². The smallest absolute Gasteiger partial charge is 0.338 e. The molecule has 0 fully saturated rings. The fourth-order valence-corrected chi connectivity index (χ4v) is 4.97. The van der Waals surface area contributed by atoms with Crippen molar-refractivity contribution in [3.8, 4) is 33.4 Å². The minimum absolute atomic E-state index is 0.271. The largest absolute Gasteiger partial charge is 0.462 e. The van der Waals surface area contributed by atoms with Gasteiger partial charge in [0.25, 0.3) is 0 Å². The predicted octanol–water partition coefficient (Wildman–Crippen LogP) is 7.48. The summed E-state index contributed by atoms with van der Waals surface area (Å²) in [4.78, 5) is 13.0. The van der Waals surface area contributed by atoms with Gasteiger partial charge in [0.15, 0.2) is 0 Å². The number of benzene rings is 5. The topological polar surface area (TPSA) is 26.3 Å². The van der Waals surface area contributed by atoms with Crippen molar-refractivity contribution in [1.82, 2.24) is 0 Å². The maximum atomic E-state index is 13.0. The summed E-state index contributed by atoms with van der Waals surface area (Å²) in [6.45, 7) is 2.20. The first-order chi connectivity index (χ1) is 15.3. The Balaban J connectivity index is 1.81. The Morgan fingerprint density at radius 3 is 2.32 bits per heavy atom. The summed E-state index contributed by atoms with van der Waals surface area (Å²) in [7, 11) is 0. The van der Waals surface area contributed by atoms with E-state index in [0.717, 1.165) is 33.2 Å². The lowest BCUT2D eigenvalue weighted by Gasteiger charge is -2.15. The second-order valence-electron chi connectivity index (χ2n) is 7.87. The van der Waals surface area contributed by atoms with Crippen molar-refractivity contribution < 1.29 is 9.53 Å². The minimum Gasteiger partial charge on any atom is -0.462 e. The molecule has 6 rings (SSSR count).